The van der Waals surface area contributed by atoms with E-state index < -0.39 is 0 Å². The third-order valence-corrected chi connectivity index (χ3v) is 4.57. The molecule has 90 valence electrons. The zero-order valence-corrected chi connectivity index (χ0v) is 12.1. The van der Waals surface area contributed by atoms with Crippen LogP contribution in [-0.2, 0) is 0 Å². The van der Waals surface area contributed by atoms with Crippen LogP contribution in [0.15, 0.2) is 0 Å². The highest BCUT2D eigenvalue weighted by atomic mass is 79.9. The maximum Gasteiger partial charge on any atom is 0.00718 e. The normalized spacial score (nSPS) is 30.4. The number of likely N-dealkylation sites (tertiary alicyclic amines) is 1. The van der Waals surface area contributed by atoms with Gasteiger partial charge < -0.3 is 4.90 Å². The molecular weight excluding hydrogens is 250 g/mol. The summed E-state index contributed by atoms with van der Waals surface area (Å²) < 4.78 is 0. The number of hydrogen-bond donors (Lipinski definition) is 0. The van der Waals surface area contributed by atoms with Gasteiger partial charge in [-0.1, -0.05) is 36.2 Å². The maximum absolute atomic E-state index is 3.65. The van der Waals surface area contributed by atoms with E-state index in [1.807, 2.05) is 0 Å². The second kappa shape index (κ2) is 6.90. The lowest BCUT2D eigenvalue weighted by Gasteiger charge is -2.38. The van der Waals surface area contributed by atoms with E-state index in [-0.39, 0.29) is 0 Å². The fourth-order valence-corrected chi connectivity index (χ4v) is 3.12. The van der Waals surface area contributed by atoms with Gasteiger partial charge in [0.1, 0.15) is 0 Å². The Morgan fingerprint density at radius 1 is 1.33 bits per heavy atom. The fourth-order valence-electron chi connectivity index (χ4n) is 2.59. The minimum absolute atomic E-state index is 0.805. The highest BCUT2D eigenvalue weighted by Crippen LogP contribution is 2.23. The molecule has 1 rings (SSSR count). The molecule has 0 amide bonds. The van der Waals surface area contributed by atoms with Crippen LogP contribution in [0.5, 0.6) is 0 Å². The average molecular weight is 276 g/mol. The molecule has 0 spiro atoms. The Labute approximate surface area is 104 Å². The van der Waals surface area contributed by atoms with Crippen LogP contribution < -0.4 is 0 Å². The summed E-state index contributed by atoms with van der Waals surface area (Å²) in [5.41, 5.74) is 0. The van der Waals surface area contributed by atoms with Crippen molar-refractivity contribution < 1.29 is 0 Å². The van der Waals surface area contributed by atoms with Crippen LogP contribution >= 0.6 is 15.9 Å². The van der Waals surface area contributed by atoms with Crippen molar-refractivity contribution in [3.05, 3.63) is 0 Å². The van der Waals surface area contributed by atoms with Crippen LogP contribution in [0.25, 0.3) is 0 Å². The molecule has 0 radical (unpaired) electrons. The van der Waals surface area contributed by atoms with E-state index in [1.54, 1.807) is 0 Å². The van der Waals surface area contributed by atoms with Crippen molar-refractivity contribution in [2.45, 2.75) is 52.5 Å². The van der Waals surface area contributed by atoms with E-state index in [9.17, 15) is 0 Å². The van der Waals surface area contributed by atoms with Gasteiger partial charge in [0.15, 0.2) is 0 Å². The van der Waals surface area contributed by atoms with Crippen LogP contribution in [0.3, 0.4) is 0 Å². The van der Waals surface area contributed by atoms with Crippen molar-refractivity contribution in [1.29, 1.82) is 0 Å². The zero-order valence-electron chi connectivity index (χ0n) is 10.5. The summed E-state index contributed by atoms with van der Waals surface area (Å²) in [6.07, 6.45) is 5.49. The van der Waals surface area contributed by atoms with Gasteiger partial charge in [-0.3, -0.25) is 0 Å². The Balaban J connectivity index is 2.39. The van der Waals surface area contributed by atoms with Crippen molar-refractivity contribution in [2.24, 2.45) is 11.8 Å². The molecule has 1 heterocycles. The standard InChI is InChI=1S/C13H26BrN/c1-4-5-13(8-14)10-15-9-11(2)6-7-12(15)3/h11-13H,4-10H2,1-3H3. The summed E-state index contributed by atoms with van der Waals surface area (Å²) in [5.74, 6) is 1.75. The number of halogens is 1. The summed E-state index contributed by atoms with van der Waals surface area (Å²) in [5, 5.41) is 1.17. The van der Waals surface area contributed by atoms with E-state index in [2.05, 4.69) is 41.6 Å². The van der Waals surface area contributed by atoms with Crippen LogP contribution in [-0.4, -0.2) is 29.4 Å². The van der Waals surface area contributed by atoms with E-state index >= 15 is 0 Å². The third-order valence-electron chi connectivity index (χ3n) is 3.65. The molecule has 0 saturated carbocycles. The average Bonchev–Trinajstić information content (AvgIpc) is 2.22. The SMILES string of the molecule is CCCC(CBr)CN1CC(C)CCC1C. The zero-order chi connectivity index (χ0) is 11.3. The van der Waals surface area contributed by atoms with E-state index in [0.717, 1.165) is 17.9 Å². The largest absolute Gasteiger partial charge is 0.300 e. The highest BCUT2D eigenvalue weighted by molar-refractivity contribution is 9.09. The first-order valence-corrected chi connectivity index (χ1v) is 7.59. The molecule has 1 aliphatic heterocycles. The van der Waals surface area contributed by atoms with Gasteiger partial charge in [-0.25, -0.2) is 0 Å². The van der Waals surface area contributed by atoms with E-state index in [0.29, 0.717) is 0 Å². The lowest BCUT2D eigenvalue weighted by atomic mass is 9.93. The fraction of sp³-hybridized carbons (Fsp3) is 1.00. The van der Waals surface area contributed by atoms with Crippen molar-refractivity contribution in [3.8, 4) is 0 Å². The Hall–Kier alpha value is 0.440. The van der Waals surface area contributed by atoms with Crippen molar-refractivity contribution in [2.75, 3.05) is 18.4 Å². The van der Waals surface area contributed by atoms with E-state index in [4.69, 9.17) is 0 Å². The lowest BCUT2D eigenvalue weighted by Crippen LogP contribution is -2.43. The molecule has 0 aliphatic carbocycles. The number of nitrogens with zero attached hydrogens (tertiary/aromatic N) is 1. The van der Waals surface area contributed by atoms with Crippen LogP contribution in [0.4, 0.5) is 0 Å². The second-order valence-electron chi connectivity index (χ2n) is 5.29. The smallest absolute Gasteiger partial charge is 0.00718 e. The van der Waals surface area contributed by atoms with Crippen LogP contribution in [0.2, 0.25) is 0 Å². The molecule has 2 heteroatoms. The molecule has 1 saturated heterocycles. The Morgan fingerprint density at radius 2 is 2.07 bits per heavy atom. The maximum atomic E-state index is 3.65. The first-order valence-electron chi connectivity index (χ1n) is 6.47. The first-order chi connectivity index (χ1) is 7.17. The van der Waals surface area contributed by atoms with Gasteiger partial charge in [-0.15, -0.1) is 0 Å². The van der Waals surface area contributed by atoms with Gasteiger partial charge in [0.05, 0.1) is 0 Å². The molecule has 3 atom stereocenters. The lowest BCUT2D eigenvalue weighted by molar-refractivity contribution is 0.107. The Kier molecular flexibility index (Phi) is 6.21. The van der Waals surface area contributed by atoms with Crippen LogP contribution in [0.1, 0.15) is 46.5 Å². The predicted octanol–water partition coefficient (Wildman–Crippen LogP) is 3.92. The van der Waals surface area contributed by atoms with Crippen molar-refractivity contribution in [3.63, 3.8) is 0 Å². The molecule has 0 aromatic heterocycles. The minimum Gasteiger partial charge on any atom is -0.300 e. The monoisotopic (exact) mass is 275 g/mol. The Bertz CT molecular complexity index is 172. The molecule has 0 aromatic carbocycles. The van der Waals surface area contributed by atoms with Gasteiger partial charge in [-0.05, 0) is 38.0 Å². The van der Waals surface area contributed by atoms with Gasteiger partial charge >= 0.3 is 0 Å². The quantitative estimate of drug-likeness (QED) is 0.688. The molecule has 15 heavy (non-hydrogen) atoms. The third kappa shape index (κ3) is 4.44. The molecular formula is C13H26BrN. The molecule has 1 aliphatic rings. The van der Waals surface area contributed by atoms with E-state index in [1.165, 1.54) is 44.1 Å². The number of hydrogen-bond acceptors (Lipinski definition) is 1. The molecule has 1 nitrogen and oxygen atoms in total. The Morgan fingerprint density at radius 3 is 2.67 bits per heavy atom. The highest BCUT2D eigenvalue weighted by Gasteiger charge is 2.24. The van der Waals surface area contributed by atoms with Gasteiger partial charge in [-0.2, -0.15) is 0 Å². The van der Waals surface area contributed by atoms with Gasteiger partial charge in [0.2, 0.25) is 0 Å². The number of rotatable bonds is 5. The molecule has 0 aromatic rings. The number of piperidine rings is 1. The summed E-state index contributed by atoms with van der Waals surface area (Å²) in [7, 11) is 0. The summed E-state index contributed by atoms with van der Waals surface area (Å²) in [6.45, 7) is 9.68. The number of alkyl halides is 1. The topological polar surface area (TPSA) is 3.24 Å². The van der Waals surface area contributed by atoms with Gasteiger partial charge in [0, 0.05) is 24.5 Å². The first kappa shape index (κ1) is 13.5. The molecule has 1 fully saturated rings. The molecule has 0 N–H and O–H groups in total. The van der Waals surface area contributed by atoms with Crippen LogP contribution in [0, 0.1) is 11.8 Å². The minimum atomic E-state index is 0.805. The summed E-state index contributed by atoms with van der Waals surface area (Å²) in [4.78, 5) is 2.70. The van der Waals surface area contributed by atoms with Crippen molar-refractivity contribution in [1.82, 2.24) is 4.90 Å². The molecule has 0 bridgehead atoms. The van der Waals surface area contributed by atoms with Gasteiger partial charge in [0.25, 0.3) is 0 Å². The molecule has 3 unspecified atom stereocenters. The second-order valence-corrected chi connectivity index (χ2v) is 5.94. The van der Waals surface area contributed by atoms with Crippen molar-refractivity contribution >= 4 is 15.9 Å². The summed E-state index contributed by atoms with van der Waals surface area (Å²) in [6, 6.07) is 0.805. The summed E-state index contributed by atoms with van der Waals surface area (Å²) >= 11 is 3.65. The predicted molar refractivity (Wildman–Crippen MR) is 71.6 cm³/mol.